The maximum absolute atomic E-state index is 13.5. The zero-order chi connectivity index (χ0) is 16.6. The predicted molar refractivity (Wildman–Crippen MR) is 78.9 cm³/mol. The summed E-state index contributed by atoms with van der Waals surface area (Å²) in [6, 6.07) is 3.90. The molecule has 2 heterocycles. The molecular formula is C15H16FN5O2. The summed E-state index contributed by atoms with van der Waals surface area (Å²) < 4.78 is 15.1. The van der Waals surface area contributed by atoms with Gasteiger partial charge in [0.25, 0.3) is 5.91 Å². The van der Waals surface area contributed by atoms with Crippen molar-refractivity contribution in [3.63, 3.8) is 0 Å². The summed E-state index contributed by atoms with van der Waals surface area (Å²) in [6.07, 6.45) is 0. The van der Waals surface area contributed by atoms with E-state index in [0.717, 1.165) is 5.69 Å². The second kappa shape index (κ2) is 5.79. The average molecular weight is 317 g/mol. The summed E-state index contributed by atoms with van der Waals surface area (Å²) in [4.78, 5) is 23.7. The van der Waals surface area contributed by atoms with Crippen molar-refractivity contribution >= 4 is 11.8 Å². The van der Waals surface area contributed by atoms with Crippen LogP contribution in [0.4, 0.5) is 4.39 Å². The standard InChI is InChI=1S/C15H16FN5O2/c1-8-3-4-10(5-11(8)16)15(23)17-6-12-13-7-18-14(22)9(2)21(13)20-19-12/h3-5,9H,6-7H2,1-2H3,(H,17,23)(H,18,22). The number of rotatable bonds is 3. The van der Waals surface area contributed by atoms with E-state index in [2.05, 4.69) is 20.9 Å². The Hall–Kier alpha value is -2.77. The predicted octanol–water partition coefficient (Wildman–Crippen LogP) is 0.846. The molecule has 1 unspecified atom stereocenters. The highest BCUT2D eigenvalue weighted by atomic mass is 19.1. The van der Waals surface area contributed by atoms with Gasteiger partial charge in [0.15, 0.2) is 0 Å². The first-order chi connectivity index (χ1) is 11.0. The van der Waals surface area contributed by atoms with Gasteiger partial charge in [0.1, 0.15) is 17.6 Å². The molecule has 0 saturated heterocycles. The van der Waals surface area contributed by atoms with E-state index in [1.807, 2.05) is 0 Å². The number of amides is 2. The number of aryl methyl sites for hydroxylation is 1. The lowest BCUT2D eigenvalue weighted by atomic mass is 10.1. The molecule has 1 aromatic heterocycles. The molecule has 2 amide bonds. The first-order valence-electron chi connectivity index (χ1n) is 7.22. The third-order valence-electron chi connectivity index (χ3n) is 3.90. The Morgan fingerprint density at radius 3 is 3.04 bits per heavy atom. The van der Waals surface area contributed by atoms with Gasteiger partial charge >= 0.3 is 0 Å². The molecule has 0 bridgehead atoms. The van der Waals surface area contributed by atoms with Crippen LogP contribution in [0, 0.1) is 12.7 Å². The molecule has 1 aliphatic heterocycles. The average Bonchev–Trinajstić information content (AvgIpc) is 2.95. The van der Waals surface area contributed by atoms with Crippen LogP contribution in [0.15, 0.2) is 18.2 Å². The Kier molecular flexibility index (Phi) is 3.81. The quantitative estimate of drug-likeness (QED) is 0.878. The Morgan fingerprint density at radius 1 is 1.52 bits per heavy atom. The fourth-order valence-corrected chi connectivity index (χ4v) is 2.41. The number of aromatic nitrogens is 3. The van der Waals surface area contributed by atoms with Gasteiger partial charge in [-0.15, -0.1) is 5.10 Å². The van der Waals surface area contributed by atoms with Crippen LogP contribution >= 0.6 is 0 Å². The van der Waals surface area contributed by atoms with Gasteiger partial charge in [-0.2, -0.15) is 0 Å². The van der Waals surface area contributed by atoms with E-state index in [9.17, 15) is 14.0 Å². The molecule has 2 N–H and O–H groups in total. The Labute approximate surface area is 131 Å². The van der Waals surface area contributed by atoms with Gasteiger partial charge < -0.3 is 10.6 Å². The van der Waals surface area contributed by atoms with E-state index in [0.29, 0.717) is 17.8 Å². The zero-order valence-corrected chi connectivity index (χ0v) is 12.8. The number of hydrogen-bond acceptors (Lipinski definition) is 4. The van der Waals surface area contributed by atoms with Crippen molar-refractivity contribution in [2.45, 2.75) is 33.0 Å². The van der Waals surface area contributed by atoms with Crippen LogP contribution in [0.2, 0.25) is 0 Å². The molecule has 2 aromatic rings. The molecule has 1 aromatic carbocycles. The number of nitrogens with zero attached hydrogens (tertiary/aromatic N) is 3. The SMILES string of the molecule is Cc1ccc(C(=O)NCc2nnn3c2CNC(=O)C3C)cc1F. The summed E-state index contributed by atoms with van der Waals surface area (Å²) in [7, 11) is 0. The van der Waals surface area contributed by atoms with Crippen LogP contribution < -0.4 is 10.6 Å². The molecule has 0 aliphatic carbocycles. The highest BCUT2D eigenvalue weighted by Crippen LogP contribution is 2.17. The van der Waals surface area contributed by atoms with Crippen LogP contribution in [0.25, 0.3) is 0 Å². The monoisotopic (exact) mass is 317 g/mol. The minimum absolute atomic E-state index is 0.117. The number of hydrogen-bond donors (Lipinski definition) is 2. The Balaban J connectivity index is 1.72. The van der Waals surface area contributed by atoms with Crippen molar-refractivity contribution in [1.82, 2.24) is 25.6 Å². The third-order valence-corrected chi connectivity index (χ3v) is 3.90. The lowest BCUT2D eigenvalue weighted by molar-refractivity contribution is -0.125. The molecule has 0 saturated carbocycles. The van der Waals surface area contributed by atoms with Gasteiger partial charge in [-0.25, -0.2) is 9.07 Å². The molecular weight excluding hydrogens is 301 g/mol. The van der Waals surface area contributed by atoms with Crippen molar-refractivity contribution < 1.29 is 14.0 Å². The Bertz CT molecular complexity index is 786. The molecule has 7 nitrogen and oxygen atoms in total. The van der Waals surface area contributed by atoms with Gasteiger partial charge in [0, 0.05) is 5.56 Å². The van der Waals surface area contributed by atoms with Gasteiger partial charge in [0.2, 0.25) is 5.91 Å². The van der Waals surface area contributed by atoms with Crippen molar-refractivity contribution in [3.05, 3.63) is 46.5 Å². The second-order valence-electron chi connectivity index (χ2n) is 5.47. The zero-order valence-electron chi connectivity index (χ0n) is 12.8. The second-order valence-corrected chi connectivity index (χ2v) is 5.47. The lowest BCUT2D eigenvalue weighted by Crippen LogP contribution is -2.38. The topological polar surface area (TPSA) is 88.9 Å². The molecule has 1 aliphatic rings. The lowest BCUT2D eigenvalue weighted by Gasteiger charge is -2.20. The van der Waals surface area contributed by atoms with Gasteiger partial charge in [-0.3, -0.25) is 9.59 Å². The highest BCUT2D eigenvalue weighted by Gasteiger charge is 2.27. The normalized spacial score (nSPS) is 16.7. The third kappa shape index (κ3) is 2.79. The van der Waals surface area contributed by atoms with E-state index in [1.54, 1.807) is 30.7 Å². The van der Waals surface area contributed by atoms with E-state index < -0.39 is 17.8 Å². The minimum atomic E-state index is -0.429. The number of nitrogens with one attached hydrogen (secondary N) is 2. The molecule has 8 heteroatoms. The molecule has 0 fully saturated rings. The van der Waals surface area contributed by atoms with Crippen molar-refractivity contribution in [2.75, 3.05) is 0 Å². The van der Waals surface area contributed by atoms with Gasteiger partial charge in [0.05, 0.1) is 18.8 Å². The molecule has 23 heavy (non-hydrogen) atoms. The van der Waals surface area contributed by atoms with Crippen LogP contribution in [-0.4, -0.2) is 26.8 Å². The van der Waals surface area contributed by atoms with Crippen molar-refractivity contribution in [3.8, 4) is 0 Å². The van der Waals surface area contributed by atoms with Crippen LogP contribution in [0.1, 0.15) is 40.3 Å². The van der Waals surface area contributed by atoms with E-state index in [1.165, 1.54) is 6.07 Å². The number of carbonyl (C=O) groups excluding carboxylic acids is 2. The van der Waals surface area contributed by atoms with Crippen molar-refractivity contribution in [2.24, 2.45) is 0 Å². The highest BCUT2D eigenvalue weighted by molar-refractivity contribution is 5.94. The maximum atomic E-state index is 13.5. The fourth-order valence-electron chi connectivity index (χ4n) is 2.41. The summed E-state index contributed by atoms with van der Waals surface area (Å²) in [6.45, 7) is 3.84. The maximum Gasteiger partial charge on any atom is 0.251 e. The molecule has 0 radical (unpaired) electrons. The number of fused-ring (bicyclic) bond motifs is 1. The molecule has 120 valence electrons. The largest absolute Gasteiger partial charge is 0.349 e. The van der Waals surface area contributed by atoms with Crippen LogP contribution in [0.5, 0.6) is 0 Å². The van der Waals surface area contributed by atoms with Crippen LogP contribution in [0.3, 0.4) is 0 Å². The summed E-state index contributed by atoms with van der Waals surface area (Å²) in [5.74, 6) is -0.929. The summed E-state index contributed by atoms with van der Waals surface area (Å²) in [5.41, 5.74) is 2.07. The first kappa shape index (κ1) is 15.1. The van der Waals surface area contributed by atoms with E-state index in [4.69, 9.17) is 0 Å². The first-order valence-corrected chi connectivity index (χ1v) is 7.22. The van der Waals surface area contributed by atoms with Gasteiger partial charge in [-0.1, -0.05) is 11.3 Å². The smallest absolute Gasteiger partial charge is 0.251 e. The summed E-state index contributed by atoms with van der Waals surface area (Å²) in [5, 5.41) is 13.4. The number of halogens is 1. The summed E-state index contributed by atoms with van der Waals surface area (Å²) >= 11 is 0. The van der Waals surface area contributed by atoms with Crippen LogP contribution in [-0.2, 0) is 17.9 Å². The fraction of sp³-hybridized carbons (Fsp3) is 0.333. The number of carbonyl (C=O) groups is 2. The van der Waals surface area contributed by atoms with E-state index >= 15 is 0 Å². The Morgan fingerprint density at radius 2 is 2.30 bits per heavy atom. The van der Waals surface area contributed by atoms with Gasteiger partial charge in [-0.05, 0) is 31.5 Å². The molecule has 0 spiro atoms. The van der Waals surface area contributed by atoms with E-state index in [-0.39, 0.29) is 18.0 Å². The number of benzene rings is 1. The van der Waals surface area contributed by atoms with Crippen molar-refractivity contribution in [1.29, 1.82) is 0 Å². The molecule has 1 atom stereocenters. The molecule has 3 rings (SSSR count). The minimum Gasteiger partial charge on any atom is -0.349 e.